The number of ether oxygens (including phenoxy) is 1. The molecule has 1 aromatic heterocycles. The normalized spacial score (nSPS) is 17.5. The Morgan fingerprint density at radius 1 is 0.939 bits per heavy atom. The Balaban J connectivity index is 1.63. The summed E-state index contributed by atoms with van der Waals surface area (Å²) in [5.41, 5.74) is 1.69. The smallest absolute Gasteiger partial charge is 0.300 e. The van der Waals surface area contributed by atoms with Crippen LogP contribution < -0.4 is 20.9 Å². The lowest BCUT2D eigenvalue weighted by molar-refractivity contribution is -0.121. The predicted octanol–water partition coefficient (Wildman–Crippen LogP) is 3.45. The number of aromatic nitrogens is 3. The number of anilines is 2. The highest BCUT2D eigenvalue weighted by Gasteiger charge is 2.53. The SMILES string of the molecule is CCOc1ccc(-c2nn3c(nc2=O)-c2ccccc2N[C@@]32C(=O)Nc3ccccc32)cc1. The summed E-state index contributed by atoms with van der Waals surface area (Å²) in [4.78, 5) is 31.0. The van der Waals surface area contributed by atoms with Gasteiger partial charge in [-0.05, 0) is 49.4 Å². The molecule has 1 spiro atoms. The molecule has 162 valence electrons. The first-order valence-electron chi connectivity index (χ1n) is 10.7. The lowest BCUT2D eigenvalue weighted by Crippen LogP contribution is -2.53. The van der Waals surface area contributed by atoms with Crippen molar-refractivity contribution in [1.82, 2.24) is 14.8 Å². The third kappa shape index (κ3) is 2.70. The average Bonchev–Trinajstić information content (AvgIpc) is 3.11. The van der Waals surface area contributed by atoms with Crippen LogP contribution in [0.2, 0.25) is 0 Å². The van der Waals surface area contributed by atoms with Crippen molar-refractivity contribution in [3.63, 3.8) is 0 Å². The maximum Gasteiger partial charge on any atom is 0.300 e. The molecule has 0 saturated carbocycles. The largest absolute Gasteiger partial charge is 0.494 e. The van der Waals surface area contributed by atoms with Crippen molar-refractivity contribution in [3.05, 3.63) is 88.7 Å². The van der Waals surface area contributed by atoms with Gasteiger partial charge in [-0.25, -0.2) is 4.68 Å². The van der Waals surface area contributed by atoms with Crippen molar-refractivity contribution in [2.24, 2.45) is 0 Å². The van der Waals surface area contributed by atoms with Gasteiger partial charge in [0, 0.05) is 28.1 Å². The molecule has 2 N–H and O–H groups in total. The molecule has 1 amide bonds. The molecular formula is C25H19N5O3. The van der Waals surface area contributed by atoms with Gasteiger partial charge < -0.3 is 15.4 Å². The number of nitrogens with zero attached hydrogens (tertiary/aromatic N) is 3. The van der Waals surface area contributed by atoms with Gasteiger partial charge in [0.15, 0.2) is 11.5 Å². The molecule has 8 heteroatoms. The van der Waals surface area contributed by atoms with Gasteiger partial charge in [0.2, 0.25) is 5.66 Å². The van der Waals surface area contributed by atoms with Gasteiger partial charge in [-0.1, -0.05) is 30.3 Å². The molecule has 0 fully saturated rings. The van der Waals surface area contributed by atoms with E-state index in [0.29, 0.717) is 46.2 Å². The number of para-hydroxylation sites is 2. The van der Waals surface area contributed by atoms with E-state index in [9.17, 15) is 9.59 Å². The highest BCUT2D eigenvalue weighted by atomic mass is 16.5. The second-order valence-electron chi connectivity index (χ2n) is 7.84. The maximum atomic E-state index is 13.5. The van der Waals surface area contributed by atoms with Crippen LogP contribution in [0.3, 0.4) is 0 Å². The monoisotopic (exact) mass is 437 g/mol. The van der Waals surface area contributed by atoms with Crippen LogP contribution in [0.1, 0.15) is 12.5 Å². The van der Waals surface area contributed by atoms with Crippen molar-refractivity contribution in [2.45, 2.75) is 12.6 Å². The number of carbonyl (C=O) groups is 1. The van der Waals surface area contributed by atoms with Gasteiger partial charge in [-0.15, -0.1) is 0 Å². The molecule has 0 saturated heterocycles. The number of nitrogens with one attached hydrogen (secondary N) is 2. The number of hydrogen-bond donors (Lipinski definition) is 2. The second-order valence-corrected chi connectivity index (χ2v) is 7.84. The number of benzene rings is 3. The Bertz CT molecular complexity index is 1480. The minimum atomic E-state index is -1.37. The average molecular weight is 437 g/mol. The minimum absolute atomic E-state index is 0.152. The van der Waals surface area contributed by atoms with Crippen LogP contribution in [0.25, 0.3) is 22.6 Å². The zero-order valence-electron chi connectivity index (χ0n) is 17.7. The highest BCUT2D eigenvalue weighted by molar-refractivity contribution is 6.09. The molecule has 4 aromatic rings. The third-order valence-corrected chi connectivity index (χ3v) is 5.94. The van der Waals surface area contributed by atoms with Crippen molar-refractivity contribution in [2.75, 3.05) is 17.2 Å². The highest BCUT2D eigenvalue weighted by Crippen LogP contribution is 2.45. The van der Waals surface area contributed by atoms with Crippen molar-refractivity contribution in [3.8, 4) is 28.4 Å². The molecule has 2 aliphatic rings. The summed E-state index contributed by atoms with van der Waals surface area (Å²) in [7, 11) is 0. The van der Waals surface area contributed by atoms with E-state index in [-0.39, 0.29) is 11.6 Å². The summed E-state index contributed by atoms with van der Waals surface area (Å²) in [6.45, 7) is 2.45. The predicted molar refractivity (Wildman–Crippen MR) is 124 cm³/mol. The Labute approximate surface area is 188 Å². The molecule has 0 bridgehead atoms. The number of rotatable bonds is 3. The van der Waals surface area contributed by atoms with Gasteiger partial charge in [0.05, 0.1) is 6.61 Å². The van der Waals surface area contributed by atoms with Crippen molar-refractivity contribution >= 4 is 17.3 Å². The van der Waals surface area contributed by atoms with E-state index in [1.54, 1.807) is 24.3 Å². The zero-order valence-corrected chi connectivity index (χ0v) is 17.7. The summed E-state index contributed by atoms with van der Waals surface area (Å²) in [5.74, 6) is 0.731. The first kappa shape index (κ1) is 19.2. The quantitative estimate of drug-likeness (QED) is 0.510. The molecule has 1 atom stereocenters. The zero-order chi connectivity index (χ0) is 22.6. The summed E-state index contributed by atoms with van der Waals surface area (Å²) in [6.07, 6.45) is 0. The van der Waals surface area contributed by atoms with Crippen LogP contribution in [0.5, 0.6) is 5.75 Å². The third-order valence-electron chi connectivity index (χ3n) is 5.94. The topological polar surface area (TPSA) is 98.1 Å². The lowest BCUT2D eigenvalue weighted by Gasteiger charge is -2.37. The fourth-order valence-corrected chi connectivity index (χ4v) is 4.46. The molecule has 0 unspecified atom stereocenters. The Morgan fingerprint density at radius 3 is 2.45 bits per heavy atom. The molecule has 0 radical (unpaired) electrons. The second kappa shape index (κ2) is 7.03. The van der Waals surface area contributed by atoms with E-state index in [1.807, 2.05) is 55.5 Å². The number of fused-ring (bicyclic) bond motifs is 6. The van der Waals surface area contributed by atoms with Crippen LogP contribution >= 0.6 is 0 Å². The van der Waals surface area contributed by atoms with Crippen LogP contribution in [-0.4, -0.2) is 27.3 Å². The first-order chi connectivity index (χ1) is 16.1. The molecule has 6 rings (SSSR count). The van der Waals surface area contributed by atoms with Crippen molar-refractivity contribution in [1.29, 1.82) is 0 Å². The van der Waals surface area contributed by atoms with Crippen LogP contribution in [0.15, 0.2) is 77.6 Å². The molecular weight excluding hydrogens is 418 g/mol. The fraction of sp³-hybridized carbons (Fsp3) is 0.120. The van der Waals surface area contributed by atoms with Gasteiger partial charge in [-0.3, -0.25) is 9.59 Å². The Morgan fingerprint density at radius 2 is 1.67 bits per heavy atom. The summed E-state index contributed by atoms with van der Waals surface area (Å²) < 4.78 is 7.03. The van der Waals surface area contributed by atoms with E-state index in [4.69, 9.17) is 9.84 Å². The van der Waals surface area contributed by atoms with E-state index in [1.165, 1.54) is 4.68 Å². The van der Waals surface area contributed by atoms with E-state index in [0.717, 1.165) is 0 Å². The Hall–Kier alpha value is -4.46. The van der Waals surface area contributed by atoms with Crippen LogP contribution in [0, 0.1) is 0 Å². The van der Waals surface area contributed by atoms with E-state index in [2.05, 4.69) is 15.6 Å². The summed E-state index contributed by atoms with van der Waals surface area (Å²) in [5, 5.41) is 11.0. The number of hydrogen-bond acceptors (Lipinski definition) is 6. The number of carbonyl (C=O) groups excluding carboxylic acids is 1. The molecule has 0 aliphatic carbocycles. The lowest BCUT2D eigenvalue weighted by atomic mass is 9.96. The standard InChI is InChI=1S/C25H19N5O3/c1-2-33-16-13-11-15(12-14-16)21-23(31)27-22-17-7-3-5-9-19(17)28-25(30(22)29-21)18-8-4-6-10-20(18)26-24(25)32/h3-14,28H,2H2,1H3,(H,26,32)/t25-/m1/s1. The molecule has 8 nitrogen and oxygen atoms in total. The van der Waals surface area contributed by atoms with E-state index >= 15 is 0 Å². The van der Waals surface area contributed by atoms with Crippen LogP contribution in [0.4, 0.5) is 11.4 Å². The molecule has 3 heterocycles. The molecule has 33 heavy (non-hydrogen) atoms. The van der Waals surface area contributed by atoms with Gasteiger partial charge >= 0.3 is 0 Å². The summed E-state index contributed by atoms with van der Waals surface area (Å²) in [6, 6.07) is 22.0. The minimum Gasteiger partial charge on any atom is -0.494 e. The van der Waals surface area contributed by atoms with Crippen molar-refractivity contribution < 1.29 is 9.53 Å². The van der Waals surface area contributed by atoms with E-state index < -0.39 is 11.2 Å². The first-order valence-corrected chi connectivity index (χ1v) is 10.7. The van der Waals surface area contributed by atoms with Gasteiger partial charge in [0.1, 0.15) is 5.75 Å². The molecule has 2 aliphatic heterocycles. The fourth-order valence-electron chi connectivity index (χ4n) is 4.46. The maximum absolute atomic E-state index is 13.5. The molecule has 3 aromatic carbocycles. The number of amides is 1. The van der Waals surface area contributed by atoms with Gasteiger partial charge in [-0.2, -0.15) is 10.1 Å². The summed E-state index contributed by atoms with van der Waals surface area (Å²) >= 11 is 0. The van der Waals surface area contributed by atoms with Crippen LogP contribution in [-0.2, 0) is 10.5 Å². The van der Waals surface area contributed by atoms with Gasteiger partial charge in [0.25, 0.3) is 11.5 Å². The Kier molecular flexibility index (Phi) is 4.10.